The Morgan fingerprint density at radius 2 is 1.90 bits per heavy atom. The van der Waals surface area contributed by atoms with Gasteiger partial charge in [-0.3, -0.25) is 4.79 Å². The number of likely N-dealkylation sites (tertiary alicyclic amines) is 1. The summed E-state index contributed by atoms with van der Waals surface area (Å²) in [6, 6.07) is 12.3. The Hall–Kier alpha value is -3.01. The molecule has 1 aliphatic heterocycles. The molecule has 0 radical (unpaired) electrons. The number of furan rings is 1. The molecule has 4 rings (SSSR count). The number of amides is 1. The molecule has 4 heteroatoms. The number of benzene rings is 2. The van der Waals surface area contributed by atoms with Crippen LogP contribution in [0.2, 0.25) is 0 Å². The maximum absolute atomic E-state index is 12.9. The van der Waals surface area contributed by atoms with Crippen molar-refractivity contribution in [1.82, 2.24) is 4.90 Å². The second-order valence-corrected chi connectivity index (χ2v) is 8.31. The van der Waals surface area contributed by atoms with E-state index in [0.29, 0.717) is 5.92 Å². The highest BCUT2D eigenvalue weighted by atomic mass is 16.5. The van der Waals surface area contributed by atoms with Crippen LogP contribution in [0.1, 0.15) is 37.8 Å². The summed E-state index contributed by atoms with van der Waals surface area (Å²) in [6.45, 7) is 7.90. The third-order valence-corrected chi connectivity index (χ3v) is 6.19. The molecular weight excluding hydrogens is 374 g/mol. The molecule has 0 bridgehead atoms. The average molecular weight is 404 g/mol. The van der Waals surface area contributed by atoms with E-state index < -0.39 is 0 Å². The minimum absolute atomic E-state index is 0.0784. The smallest absolute Gasteiger partial charge is 0.246 e. The number of rotatable bonds is 4. The zero-order chi connectivity index (χ0) is 21.3. The summed E-state index contributed by atoms with van der Waals surface area (Å²) < 4.78 is 11.7. The number of carbonyl (C=O) groups is 1. The lowest BCUT2D eigenvalue weighted by atomic mass is 9.96. The molecule has 0 spiro atoms. The maximum atomic E-state index is 12.9. The molecule has 1 fully saturated rings. The van der Waals surface area contributed by atoms with Gasteiger partial charge in [0.1, 0.15) is 11.3 Å². The van der Waals surface area contributed by atoms with Crippen molar-refractivity contribution in [2.75, 3.05) is 20.2 Å². The Balaban J connectivity index is 1.76. The molecule has 156 valence electrons. The molecule has 4 nitrogen and oxygen atoms in total. The predicted octanol–water partition coefficient (Wildman–Crippen LogP) is 6.08. The molecule has 1 saturated heterocycles. The average Bonchev–Trinajstić information content (AvgIpc) is 3.19. The van der Waals surface area contributed by atoms with Crippen molar-refractivity contribution in [2.24, 2.45) is 5.92 Å². The van der Waals surface area contributed by atoms with Gasteiger partial charge in [-0.05, 0) is 49.8 Å². The van der Waals surface area contributed by atoms with Crippen LogP contribution < -0.4 is 4.74 Å². The van der Waals surface area contributed by atoms with E-state index in [1.165, 1.54) is 0 Å². The largest absolute Gasteiger partial charge is 0.496 e. The van der Waals surface area contributed by atoms with Crippen molar-refractivity contribution in [3.63, 3.8) is 0 Å². The molecule has 3 aromatic rings. The second-order valence-electron chi connectivity index (χ2n) is 8.31. The van der Waals surface area contributed by atoms with Crippen LogP contribution in [-0.2, 0) is 4.79 Å². The maximum Gasteiger partial charge on any atom is 0.246 e. The van der Waals surface area contributed by atoms with Crippen LogP contribution >= 0.6 is 0 Å². The normalized spacial score (nSPS) is 15.6. The number of aryl methyl sites for hydroxylation is 1. The molecule has 30 heavy (non-hydrogen) atoms. The van der Waals surface area contributed by atoms with E-state index in [4.69, 9.17) is 9.15 Å². The van der Waals surface area contributed by atoms with E-state index in [1.54, 1.807) is 19.4 Å². The van der Waals surface area contributed by atoms with E-state index in [1.807, 2.05) is 36.9 Å². The first-order chi connectivity index (χ1) is 14.5. The standard InChI is InChI=1S/C26H29NO3/c1-17-10-12-27(13-11-17)24(28)14-18(2)21-15-22-23(20-8-6-5-7-9-20)16-30-26(22)19(3)25(21)29-4/h5-9,14-17H,10-13H2,1-4H3/b18-14+. The van der Waals surface area contributed by atoms with Gasteiger partial charge in [0.15, 0.2) is 0 Å². The number of hydrogen-bond acceptors (Lipinski definition) is 3. The third kappa shape index (κ3) is 3.74. The second kappa shape index (κ2) is 8.39. The van der Waals surface area contributed by atoms with E-state index in [0.717, 1.165) is 70.5 Å². The first kappa shape index (κ1) is 20.3. The zero-order valence-corrected chi connectivity index (χ0v) is 18.2. The van der Waals surface area contributed by atoms with Gasteiger partial charge in [-0.25, -0.2) is 0 Å². The van der Waals surface area contributed by atoms with Gasteiger partial charge in [-0.1, -0.05) is 37.3 Å². The minimum atomic E-state index is 0.0784. The van der Waals surface area contributed by atoms with Gasteiger partial charge in [0.2, 0.25) is 5.91 Å². The fourth-order valence-electron chi connectivity index (χ4n) is 4.30. The van der Waals surface area contributed by atoms with Crippen molar-refractivity contribution in [3.05, 3.63) is 59.9 Å². The number of piperidine rings is 1. The summed E-state index contributed by atoms with van der Waals surface area (Å²) in [5.41, 5.74) is 5.74. The molecule has 0 aliphatic carbocycles. The highest BCUT2D eigenvalue weighted by Crippen LogP contribution is 2.40. The van der Waals surface area contributed by atoms with Crippen LogP contribution in [0, 0.1) is 12.8 Å². The minimum Gasteiger partial charge on any atom is -0.496 e. The first-order valence-electron chi connectivity index (χ1n) is 10.6. The van der Waals surface area contributed by atoms with E-state index in [2.05, 4.69) is 25.1 Å². The number of carbonyl (C=O) groups excluding carboxylic acids is 1. The Morgan fingerprint density at radius 3 is 2.57 bits per heavy atom. The van der Waals surface area contributed by atoms with Crippen molar-refractivity contribution in [1.29, 1.82) is 0 Å². The molecule has 2 heterocycles. The van der Waals surface area contributed by atoms with Gasteiger partial charge in [0, 0.05) is 41.2 Å². The third-order valence-electron chi connectivity index (χ3n) is 6.19. The molecule has 1 aliphatic rings. The van der Waals surface area contributed by atoms with Gasteiger partial charge < -0.3 is 14.1 Å². The van der Waals surface area contributed by atoms with Gasteiger partial charge in [-0.2, -0.15) is 0 Å². The number of allylic oxidation sites excluding steroid dienone is 1. The van der Waals surface area contributed by atoms with Crippen molar-refractivity contribution >= 4 is 22.4 Å². The van der Waals surface area contributed by atoms with Gasteiger partial charge in [0.05, 0.1) is 13.4 Å². The summed E-state index contributed by atoms with van der Waals surface area (Å²) in [5.74, 6) is 1.53. The number of fused-ring (bicyclic) bond motifs is 1. The van der Waals surface area contributed by atoms with Crippen molar-refractivity contribution < 1.29 is 13.9 Å². The monoisotopic (exact) mass is 403 g/mol. The number of nitrogens with zero attached hydrogens (tertiary/aromatic N) is 1. The molecule has 0 atom stereocenters. The summed E-state index contributed by atoms with van der Waals surface area (Å²) >= 11 is 0. The fraction of sp³-hybridized carbons (Fsp3) is 0.346. The number of methoxy groups -OCH3 is 1. The first-order valence-corrected chi connectivity index (χ1v) is 10.6. The van der Waals surface area contributed by atoms with Gasteiger partial charge >= 0.3 is 0 Å². The Morgan fingerprint density at radius 1 is 1.20 bits per heavy atom. The highest BCUT2D eigenvalue weighted by Gasteiger charge is 2.21. The van der Waals surface area contributed by atoms with E-state index in [-0.39, 0.29) is 5.91 Å². The molecule has 1 aromatic heterocycles. The Labute approximate surface area is 178 Å². The van der Waals surface area contributed by atoms with Crippen LogP contribution in [0.5, 0.6) is 5.75 Å². The number of ether oxygens (including phenoxy) is 1. The lowest BCUT2D eigenvalue weighted by Gasteiger charge is -2.29. The van der Waals surface area contributed by atoms with Crippen LogP contribution in [0.25, 0.3) is 27.7 Å². The quantitative estimate of drug-likeness (QED) is 0.496. The summed E-state index contributed by atoms with van der Waals surface area (Å²) in [7, 11) is 1.67. The summed E-state index contributed by atoms with van der Waals surface area (Å²) in [4.78, 5) is 14.8. The lowest BCUT2D eigenvalue weighted by Crippen LogP contribution is -2.36. The van der Waals surface area contributed by atoms with Crippen LogP contribution in [-0.4, -0.2) is 31.0 Å². The van der Waals surface area contributed by atoms with Crippen LogP contribution in [0.15, 0.2) is 53.2 Å². The zero-order valence-electron chi connectivity index (χ0n) is 18.2. The Kier molecular flexibility index (Phi) is 5.67. The molecule has 0 saturated carbocycles. The topological polar surface area (TPSA) is 42.7 Å². The Bertz CT molecular complexity index is 1090. The SMILES string of the molecule is COc1c(/C(C)=C/C(=O)N2CCC(C)CC2)cc2c(-c3ccccc3)coc2c1C. The predicted molar refractivity (Wildman–Crippen MR) is 122 cm³/mol. The summed E-state index contributed by atoms with van der Waals surface area (Å²) in [5, 5.41) is 1.03. The molecule has 0 unspecified atom stereocenters. The van der Waals surface area contributed by atoms with Crippen LogP contribution in [0.4, 0.5) is 0 Å². The van der Waals surface area contributed by atoms with Crippen molar-refractivity contribution in [3.8, 4) is 16.9 Å². The lowest BCUT2D eigenvalue weighted by molar-refractivity contribution is -0.127. The molecule has 1 amide bonds. The molecule has 0 N–H and O–H groups in total. The van der Waals surface area contributed by atoms with Crippen LogP contribution in [0.3, 0.4) is 0 Å². The number of hydrogen-bond donors (Lipinski definition) is 0. The van der Waals surface area contributed by atoms with Crippen molar-refractivity contribution in [2.45, 2.75) is 33.6 Å². The van der Waals surface area contributed by atoms with E-state index in [9.17, 15) is 4.79 Å². The fourth-order valence-corrected chi connectivity index (χ4v) is 4.30. The molecular formula is C26H29NO3. The molecule has 2 aromatic carbocycles. The highest BCUT2D eigenvalue weighted by molar-refractivity contribution is 6.01. The van der Waals surface area contributed by atoms with Gasteiger partial charge in [0.25, 0.3) is 0 Å². The van der Waals surface area contributed by atoms with E-state index >= 15 is 0 Å². The van der Waals surface area contributed by atoms with Gasteiger partial charge in [-0.15, -0.1) is 0 Å². The summed E-state index contributed by atoms with van der Waals surface area (Å²) in [6.07, 6.45) is 5.70.